The summed E-state index contributed by atoms with van der Waals surface area (Å²) in [5.74, 6) is 0. The summed E-state index contributed by atoms with van der Waals surface area (Å²) in [5, 5.41) is 9.53. The number of aromatic nitrogens is 3. The molecule has 0 bridgehead atoms. The van der Waals surface area contributed by atoms with Gasteiger partial charge in [0.15, 0.2) is 0 Å². The number of hydrogen-bond donors (Lipinski definition) is 0. The molecule has 0 unspecified atom stereocenters. The van der Waals surface area contributed by atoms with E-state index in [0.717, 1.165) is 27.3 Å². The first kappa shape index (κ1) is 10.3. The van der Waals surface area contributed by atoms with E-state index in [1.165, 1.54) is 0 Å². The molecule has 0 radical (unpaired) electrons. The van der Waals surface area contributed by atoms with Crippen molar-refractivity contribution in [2.75, 3.05) is 0 Å². The smallest absolute Gasteiger partial charge is 0.113 e. The van der Waals surface area contributed by atoms with E-state index in [2.05, 4.69) is 10.2 Å². The van der Waals surface area contributed by atoms with Crippen molar-refractivity contribution in [2.24, 2.45) is 0 Å². The maximum atomic E-state index is 6.09. The van der Waals surface area contributed by atoms with Crippen molar-refractivity contribution in [3.63, 3.8) is 0 Å². The molecule has 3 nitrogen and oxygen atoms in total. The van der Waals surface area contributed by atoms with Crippen molar-refractivity contribution in [1.29, 1.82) is 0 Å². The van der Waals surface area contributed by atoms with Crippen molar-refractivity contribution in [2.45, 2.75) is 6.92 Å². The molecule has 0 saturated carbocycles. The number of aryl methyl sites for hydroxylation is 1. The van der Waals surface area contributed by atoms with Crippen LogP contribution in [0.1, 0.15) is 5.56 Å². The highest BCUT2D eigenvalue weighted by molar-refractivity contribution is 6.31. The Morgan fingerprint density at radius 1 is 1.00 bits per heavy atom. The fourth-order valence-electron chi connectivity index (χ4n) is 1.68. The van der Waals surface area contributed by atoms with Crippen molar-refractivity contribution in [3.05, 3.63) is 53.1 Å². The minimum Gasteiger partial charge on any atom is -0.150 e. The SMILES string of the molecule is Cc1ccc(-n2nc3ccccc3n2)cc1Cl. The van der Waals surface area contributed by atoms with Crippen molar-refractivity contribution < 1.29 is 0 Å². The summed E-state index contributed by atoms with van der Waals surface area (Å²) in [6, 6.07) is 13.6. The molecule has 3 aromatic rings. The second-order valence-corrected chi connectivity index (χ2v) is 4.32. The fourth-order valence-corrected chi connectivity index (χ4v) is 1.86. The van der Waals surface area contributed by atoms with Crippen molar-refractivity contribution >= 4 is 22.6 Å². The van der Waals surface area contributed by atoms with Gasteiger partial charge in [0.1, 0.15) is 11.0 Å². The molecule has 0 aliphatic carbocycles. The summed E-state index contributed by atoms with van der Waals surface area (Å²) in [6.07, 6.45) is 0. The van der Waals surface area contributed by atoms with Crippen LogP contribution in [0.25, 0.3) is 16.7 Å². The molecule has 84 valence electrons. The fraction of sp³-hybridized carbons (Fsp3) is 0.0769. The predicted octanol–water partition coefficient (Wildman–Crippen LogP) is 3.38. The number of fused-ring (bicyclic) bond motifs is 1. The maximum absolute atomic E-state index is 6.09. The van der Waals surface area contributed by atoms with Crippen LogP contribution in [-0.4, -0.2) is 15.0 Å². The molecular formula is C13H10ClN3. The Bertz CT molecular complexity index is 655. The van der Waals surface area contributed by atoms with Crippen LogP contribution >= 0.6 is 11.6 Å². The number of nitrogens with zero attached hydrogens (tertiary/aromatic N) is 3. The maximum Gasteiger partial charge on any atom is 0.113 e. The van der Waals surface area contributed by atoms with Gasteiger partial charge in [0.2, 0.25) is 0 Å². The Balaban J connectivity index is 2.17. The Hall–Kier alpha value is -1.87. The molecule has 1 heterocycles. The van der Waals surface area contributed by atoms with Gasteiger partial charge in [0.25, 0.3) is 0 Å². The van der Waals surface area contributed by atoms with Crippen molar-refractivity contribution in [3.8, 4) is 5.69 Å². The van der Waals surface area contributed by atoms with Gasteiger partial charge in [-0.3, -0.25) is 0 Å². The third-order valence-corrected chi connectivity index (χ3v) is 3.08. The van der Waals surface area contributed by atoms with E-state index in [-0.39, 0.29) is 0 Å². The summed E-state index contributed by atoms with van der Waals surface area (Å²) >= 11 is 6.09. The summed E-state index contributed by atoms with van der Waals surface area (Å²) in [7, 11) is 0. The van der Waals surface area contributed by atoms with Gasteiger partial charge in [-0.2, -0.15) is 4.80 Å². The van der Waals surface area contributed by atoms with Crippen LogP contribution in [0, 0.1) is 6.92 Å². The average Bonchev–Trinajstić information content (AvgIpc) is 2.76. The van der Waals surface area contributed by atoms with Gasteiger partial charge in [0, 0.05) is 5.02 Å². The van der Waals surface area contributed by atoms with E-state index in [1.807, 2.05) is 49.4 Å². The Morgan fingerprint density at radius 3 is 2.24 bits per heavy atom. The molecule has 0 atom stereocenters. The van der Waals surface area contributed by atoms with Crippen LogP contribution in [0.5, 0.6) is 0 Å². The van der Waals surface area contributed by atoms with Gasteiger partial charge < -0.3 is 0 Å². The third-order valence-electron chi connectivity index (χ3n) is 2.67. The molecule has 2 aromatic carbocycles. The number of halogens is 1. The molecule has 1 aromatic heterocycles. The second-order valence-electron chi connectivity index (χ2n) is 3.91. The normalized spacial score (nSPS) is 10.9. The van der Waals surface area contributed by atoms with Crippen LogP contribution in [0.4, 0.5) is 0 Å². The number of hydrogen-bond acceptors (Lipinski definition) is 2. The van der Waals surface area contributed by atoms with Crippen molar-refractivity contribution in [1.82, 2.24) is 15.0 Å². The highest BCUT2D eigenvalue weighted by Gasteiger charge is 2.05. The molecule has 0 amide bonds. The van der Waals surface area contributed by atoms with Crippen LogP contribution in [0.2, 0.25) is 5.02 Å². The Kier molecular flexibility index (Phi) is 2.34. The largest absolute Gasteiger partial charge is 0.150 e. The first-order valence-corrected chi connectivity index (χ1v) is 5.70. The van der Waals surface area contributed by atoms with E-state index < -0.39 is 0 Å². The molecule has 0 aliphatic rings. The number of rotatable bonds is 1. The monoisotopic (exact) mass is 243 g/mol. The zero-order chi connectivity index (χ0) is 11.8. The summed E-state index contributed by atoms with van der Waals surface area (Å²) in [6.45, 7) is 1.97. The zero-order valence-electron chi connectivity index (χ0n) is 9.26. The average molecular weight is 244 g/mol. The van der Waals surface area contributed by atoms with Crippen LogP contribution in [0.3, 0.4) is 0 Å². The van der Waals surface area contributed by atoms with Gasteiger partial charge >= 0.3 is 0 Å². The molecular weight excluding hydrogens is 234 g/mol. The standard InChI is InChI=1S/C13H10ClN3/c1-9-6-7-10(8-11(9)14)17-15-12-4-2-3-5-13(12)16-17/h2-8H,1H3. The molecule has 0 spiro atoms. The van der Waals surface area contributed by atoms with Gasteiger partial charge in [-0.05, 0) is 36.8 Å². The van der Waals surface area contributed by atoms with Gasteiger partial charge in [0.05, 0.1) is 5.69 Å². The van der Waals surface area contributed by atoms with E-state index in [4.69, 9.17) is 11.6 Å². The van der Waals surface area contributed by atoms with E-state index in [1.54, 1.807) is 4.80 Å². The van der Waals surface area contributed by atoms with Crippen LogP contribution in [-0.2, 0) is 0 Å². The topological polar surface area (TPSA) is 30.7 Å². The lowest BCUT2D eigenvalue weighted by Crippen LogP contribution is -1.98. The summed E-state index contributed by atoms with van der Waals surface area (Å²) in [5.41, 5.74) is 3.68. The molecule has 17 heavy (non-hydrogen) atoms. The van der Waals surface area contributed by atoms with Gasteiger partial charge in [-0.25, -0.2) is 0 Å². The number of benzene rings is 2. The first-order valence-electron chi connectivity index (χ1n) is 5.33. The van der Waals surface area contributed by atoms with Gasteiger partial charge in [-0.15, -0.1) is 10.2 Å². The molecule has 0 saturated heterocycles. The van der Waals surface area contributed by atoms with E-state index in [9.17, 15) is 0 Å². The molecule has 0 fully saturated rings. The minimum atomic E-state index is 0.726. The molecule has 4 heteroatoms. The lowest BCUT2D eigenvalue weighted by Gasteiger charge is -2.01. The lowest BCUT2D eigenvalue weighted by atomic mass is 10.2. The predicted molar refractivity (Wildman–Crippen MR) is 68.6 cm³/mol. The molecule has 3 rings (SSSR count). The zero-order valence-corrected chi connectivity index (χ0v) is 10.0. The quantitative estimate of drug-likeness (QED) is 0.656. The van der Waals surface area contributed by atoms with E-state index in [0.29, 0.717) is 0 Å². The highest BCUT2D eigenvalue weighted by atomic mass is 35.5. The Labute approximate surface area is 104 Å². The van der Waals surface area contributed by atoms with Gasteiger partial charge in [-0.1, -0.05) is 29.8 Å². The van der Waals surface area contributed by atoms with Crippen LogP contribution in [0.15, 0.2) is 42.5 Å². The Morgan fingerprint density at radius 2 is 1.65 bits per heavy atom. The summed E-state index contributed by atoms with van der Waals surface area (Å²) in [4.78, 5) is 1.61. The van der Waals surface area contributed by atoms with E-state index >= 15 is 0 Å². The lowest BCUT2D eigenvalue weighted by molar-refractivity contribution is 0.765. The second kappa shape index (κ2) is 3.86. The minimum absolute atomic E-state index is 0.726. The van der Waals surface area contributed by atoms with Crippen LogP contribution < -0.4 is 0 Å². The first-order chi connectivity index (χ1) is 8.24. The third kappa shape index (κ3) is 1.78. The molecule has 0 N–H and O–H groups in total. The highest BCUT2D eigenvalue weighted by Crippen LogP contribution is 2.19. The summed E-state index contributed by atoms with van der Waals surface area (Å²) < 4.78 is 0. The molecule has 0 aliphatic heterocycles.